The second-order valence-corrected chi connectivity index (χ2v) is 4.97. The number of imidazole rings is 1. The number of hydrogen-bond donors (Lipinski definition) is 0. The number of ether oxygens (including phenoxy) is 1. The summed E-state index contributed by atoms with van der Waals surface area (Å²) in [5, 5.41) is 0. The van der Waals surface area contributed by atoms with Crippen LogP contribution in [0.5, 0.6) is 5.75 Å². The minimum absolute atomic E-state index is 0.160. The van der Waals surface area contributed by atoms with Gasteiger partial charge in [-0.25, -0.2) is 4.98 Å². The molecule has 108 valence electrons. The van der Waals surface area contributed by atoms with Gasteiger partial charge in [-0.15, -0.1) is 0 Å². The Balaban J connectivity index is 2.01. The highest BCUT2D eigenvalue weighted by Gasteiger charge is 2.10. The molecule has 5 nitrogen and oxygen atoms in total. The van der Waals surface area contributed by atoms with Crippen LogP contribution < -0.4 is 10.3 Å². The third-order valence-electron chi connectivity index (χ3n) is 3.70. The number of rotatable bonds is 2. The van der Waals surface area contributed by atoms with Gasteiger partial charge in [0, 0.05) is 18.5 Å². The minimum atomic E-state index is -0.160. The normalized spacial score (nSPS) is 11.1. The van der Waals surface area contributed by atoms with Crippen molar-refractivity contribution in [3.05, 3.63) is 71.3 Å². The highest BCUT2D eigenvalue weighted by atomic mass is 16.5. The fourth-order valence-electron chi connectivity index (χ4n) is 2.62. The average Bonchev–Trinajstić information content (AvgIpc) is 2.95. The summed E-state index contributed by atoms with van der Waals surface area (Å²) in [7, 11) is 1.60. The summed E-state index contributed by atoms with van der Waals surface area (Å²) in [5.74, 6) is 0.706. The van der Waals surface area contributed by atoms with E-state index in [9.17, 15) is 4.79 Å². The SMILES string of the molecule is COc1cccc(-n2ccn3c(nc4ccccc43)c2=O)c1. The van der Waals surface area contributed by atoms with Crippen LogP contribution in [-0.4, -0.2) is 21.1 Å². The van der Waals surface area contributed by atoms with Crippen LogP contribution in [0.4, 0.5) is 0 Å². The van der Waals surface area contributed by atoms with Gasteiger partial charge in [0.15, 0.2) is 0 Å². The first-order valence-corrected chi connectivity index (χ1v) is 6.91. The van der Waals surface area contributed by atoms with Crippen molar-refractivity contribution in [1.82, 2.24) is 14.0 Å². The van der Waals surface area contributed by atoms with E-state index < -0.39 is 0 Å². The molecule has 0 aliphatic carbocycles. The van der Waals surface area contributed by atoms with Crippen LogP contribution in [0.3, 0.4) is 0 Å². The molecule has 0 atom stereocenters. The topological polar surface area (TPSA) is 48.5 Å². The molecule has 0 amide bonds. The Hall–Kier alpha value is -3.08. The molecule has 22 heavy (non-hydrogen) atoms. The lowest BCUT2D eigenvalue weighted by atomic mass is 10.3. The molecule has 0 radical (unpaired) electrons. The Morgan fingerprint density at radius 2 is 1.91 bits per heavy atom. The van der Waals surface area contributed by atoms with E-state index in [1.807, 2.05) is 59.1 Å². The molecule has 2 aromatic heterocycles. The molecule has 0 fully saturated rings. The van der Waals surface area contributed by atoms with Crippen molar-refractivity contribution in [2.45, 2.75) is 0 Å². The summed E-state index contributed by atoms with van der Waals surface area (Å²) >= 11 is 0. The van der Waals surface area contributed by atoms with Crippen molar-refractivity contribution >= 4 is 16.7 Å². The molecule has 0 N–H and O–H groups in total. The molecule has 4 aromatic rings. The molecule has 0 saturated heterocycles. The largest absolute Gasteiger partial charge is 0.497 e. The maximum Gasteiger partial charge on any atom is 0.298 e. The van der Waals surface area contributed by atoms with E-state index in [1.54, 1.807) is 17.9 Å². The van der Waals surface area contributed by atoms with E-state index >= 15 is 0 Å². The van der Waals surface area contributed by atoms with E-state index in [2.05, 4.69) is 4.98 Å². The fourth-order valence-corrected chi connectivity index (χ4v) is 2.62. The average molecular weight is 291 g/mol. The van der Waals surface area contributed by atoms with Crippen molar-refractivity contribution < 1.29 is 4.74 Å². The molecule has 5 heteroatoms. The van der Waals surface area contributed by atoms with E-state index in [4.69, 9.17) is 4.74 Å². The number of fused-ring (bicyclic) bond motifs is 3. The number of aromatic nitrogens is 3. The van der Waals surface area contributed by atoms with Gasteiger partial charge in [-0.1, -0.05) is 18.2 Å². The first kappa shape index (κ1) is 12.6. The lowest BCUT2D eigenvalue weighted by Crippen LogP contribution is -2.20. The predicted octanol–water partition coefficient (Wildman–Crippen LogP) is 2.65. The highest BCUT2D eigenvalue weighted by Crippen LogP contribution is 2.17. The Morgan fingerprint density at radius 1 is 1.05 bits per heavy atom. The fraction of sp³-hybridized carbons (Fsp3) is 0.0588. The summed E-state index contributed by atoms with van der Waals surface area (Å²) < 4.78 is 8.60. The molecule has 4 rings (SSSR count). The van der Waals surface area contributed by atoms with Crippen LogP contribution in [-0.2, 0) is 0 Å². The van der Waals surface area contributed by atoms with E-state index in [0.717, 1.165) is 16.7 Å². The molecule has 0 unspecified atom stereocenters. The second kappa shape index (κ2) is 4.73. The summed E-state index contributed by atoms with van der Waals surface area (Å²) in [6.45, 7) is 0. The van der Waals surface area contributed by atoms with Crippen LogP contribution in [0, 0.1) is 0 Å². The van der Waals surface area contributed by atoms with Gasteiger partial charge in [0.25, 0.3) is 5.56 Å². The number of hydrogen-bond acceptors (Lipinski definition) is 3. The monoisotopic (exact) mass is 291 g/mol. The lowest BCUT2D eigenvalue weighted by Gasteiger charge is -2.07. The predicted molar refractivity (Wildman–Crippen MR) is 84.8 cm³/mol. The van der Waals surface area contributed by atoms with Crippen molar-refractivity contribution in [3.8, 4) is 11.4 Å². The standard InChI is InChI=1S/C17H13N3O2/c1-22-13-6-4-5-12(11-13)19-9-10-20-15-8-3-2-7-14(15)18-16(20)17(19)21/h2-11H,1H3. The molecule has 0 saturated carbocycles. The third kappa shape index (κ3) is 1.79. The molecule has 2 aromatic carbocycles. The summed E-state index contributed by atoms with van der Waals surface area (Å²) in [4.78, 5) is 17.2. The number of para-hydroxylation sites is 2. The zero-order valence-electron chi connectivity index (χ0n) is 11.9. The summed E-state index contributed by atoms with van der Waals surface area (Å²) in [6.07, 6.45) is 3.60. The van der Waals surface area contributed by atoms with E-state index in [0.29, 0.717) is 11.4 Å². The molecule has 2 heterocycles. The first-order valence-electron chi connectivity index (χ1n) is 6.91. The summed E-state index contributed by atoms with van der Waals surface area (Å²) in [5.41, 5.74) is 2.73. The van der Waals surface area contributed by atoms with Crippen LogP contribution in [0.1, 0.15) is 0 Å². The molecular formula is C17H13N3O2. The highest BCUT2D eigenvalue weighted by molar-refractivity contribution is 5.80. The lowest BCUT2D eigenvalue weighted by molar-refractivity contribution is 0.414. The zero-order chi connectivity index (χ0) is 15.1. The van der Waals surface area contributed by atoms with Gasteiger partial charge in [-0.05, 0) is 24.3 Å². The van der Waals surface area contributed by atoms with Gasteiger partial charge >= 0.3 is 0 Å². The van der Waals surface area contributed by atoms with Crippen molar-refractivity contribution in [3.63, 3.8) is 0 Å². The van der Waals surface area contributed by atoms with Gasteiger partial charge in [-0.2, -0.15) is 0 Å². The van der Waals surface area contributed by atoms with Crippen LogP contribution in [0.2, 0.25) is 0 Å². The van der Waals surface area contributed by atoms with Gasteiger partial charge in [0.2, 0.25) is 5.65 Å². The minimum Gasteiger partial charge on any atom is -0.497 e. The van der Waals surface area contributed by atoms with E-state index in [1.165, 1.54) is 0 Å². The van der Waals surface area contributed by atoms with Crippen LogP contribution >= 0.6 is 0 Å². The maximum absolute atomic E-state index is 12.7. The number of nitrogens with zero attached hydrogens (tertiary/aromatic N) is 3. The van der Waals surface area contributed by atoms with Gasteiger partial charge < -0.3 is 4.74 Å². The zero-order valence-corrected chi connectivity index (χ0v) is 11.9. The Kier molecular flexibility index (Phi) is 2.72. The van der Waals surface area contributed by atoms with Gasteiger partial charge in [0.1, 0.15) is 5.75 Å². The molecule has 0 bridgehead atoms. The quantitative estimate of drug-likeness (QED) is 0.570. The number of methoxy groups -OCH3 is 1. The second-order valence-electron chi connectivity index (χ2n) is 4.97. The first-order chi connectivity index (χ1) is 10.8. The molecule has 0 aliphatic heterocycles. The molecule has 0 aliphatic rings. The molecular weight excluding hydrogens is 278 g/mol. The van der Waals surface area contributed by atoms with Crippen LogP contribution in [0.25, 0.3) is 22.4 Å². The Bertz CT molecular complexity index is 1050. The van der Waals surface area contributed by atoms with Crippen molar-refractivity contribution in [1.29, 1.82) is 0 Å². The third-order valence-corrected chi connectivity index (χ3v) is 3.70. The van der Waals surface area contributed by atoms with Gasteiger partial charge in [0.05, 0.1) is 23.8 Å². The Morgan fingerprint density at radius 3 is 2.77 bits per heavy atom. The van der Waals surface area contributed by atoms with Gasteiger partial charge in [-0.3, -0.25) is 13.8 Å². The van der Waals surface area contributed by atoms with Crippen LogP contribution in [0.15, 0.2) is 65.7 Å². The Labute approximate surface area is 126 Å². The van der Waals surface area contributed by atoms with E-state index in [-0.39, 0.29) is 5.56 Å². The van der Waals surface area contributed by atoms with Crippen molar-refractivity contribution in [2.75, 3.05) is 7.11 Å². The number of benzene rings is 2. The van der Waals surface area contributed by atoms with Crippen molar-refractivity contribution in [2.24, 2.45) is 0 Å². The smallest absolute Gasteiger partial charge is 0.298 e. The summed E-state index contributed by atoms with van der Waals surface area (Å²) in [6, 6.07) is 15.1. The maximum atomic E-state index is 12.7. The molecule has 0 spiro atoms.